The van der Waals surface area contributed by atoms with Crippen molar-refractivity contribution in [3.05, 3.63) is 71.3 Å². The minimum atomic E-state index is -4.28. The van der Waals surface area contributed by atoms with Gasteiger partial charge in [-0.2, -0.15) is 13.2 Å². The first-order valence-electron chi connectivity index (χ1n) is 7.88. The van der Waals surface area contributed by atoms with E-state index in [9.17, 15) is 13.2 Å². The number of rotatable bonds is 7. The largest absolute Gasteiger partial charge is 0.416 e. The minimum Gasteiger partial charge on any atom is -0.314 e. The maximum atomic E-state index is 12.7. The van der Waals surface area contributed by atoms with Crippen LogP contribution in [0.1, 0.15) is 30.0 Å². The van der Waals surface area contributed by atoms with Gasteiger partial charge >= 0.3 is 6.18 Å². The van der Waals surface area contributed by atoms with Crippen LogP contribution in [0.15, 0.2) is 54.6 Å². The predicted octanol–water partition coefficient (Wildman–Crippen LogP) is 5.28. The summed E-state index contributed by atoms with van der Waals surface area (Å²) in [5.74, 6) is 0. The lowest BCUT2D eigenvalue weighted by Gasteiger charge is -2.15. The van der Waals surface area contributed by atoms with Crippen LogP contribution in [0.25, 0.3) is 0 Å². The van der Waals surface area contributed by atoms with Gasteiger partial charge in [0.15, 0.2) is 0 Å². The van der Waals surface area contributed by atoms with Gasteiger partial charge in [-0.25, -0.2) is 0 Å². The van der Waals surface area contributed by atoms with Gasteiger partial charge in [0.2, 0.25) is 0 Å². The van der Waals surface area contributed by atoms with Crippen molar-refractivity contribution in [2.75, 3.05) is 6.54 Å². The highest BCUT2D eigenvalue weighted by Crippen LogP contribution is 2.29. The second-order valence-corrected chi connectivity index (χ2v) is 5.85. The van der Waals surface area contributed by atoms with E-state index in [0.29, 0.717) is 12.0 Å². The van der Waals surface area contributed by atoms with Crippen molar-refractivity contribution < 1.29 is 13.2 Å². The van der Waals surface area contributed by atoms with Crippen LogP contribution in [0.3, 0.4) is 0 Å². The van der Waals surface area contributed by atoms with Gasteiger partial charge in [-0.3, -0.25) is 0 Å². The quantitative estimate of drug-likeness (QED) is 0.665. The Kier molecular flexibility index (Phi) is 8.29. The summed E-state index contributed by atoms with van der Waals surface area (Å²) < 4.78 is 38.1. The molecule has 2 aromatic carbocycles. The molecule has 1 nitrogen and oxygen atoms in total. The Morgan fingerprint density at radius 2 is 1.62 bits per heavy atom. The molecular weight excluding hydrogens is 335 g/mol. The van der Waals surface area contributed by atoms with Gasteiger partial charge in [-0.05, 0) is 49.9 Å². The summed E-state index contributed by atoms with van der Waals surface area (Å²) in [6.45, 7) is 2.86. The molecule has 0 aliphatic carbocycles. The Morgan fingerprint density at radius 1 is 0.958 bits per heavy atom. The first kappa shape index (κ1) is 20.5. The lowest BCUT2D eigenvalue weighted by molar-refractivity contribution is -0.137. The van der Waals surface area contributed by atoms with Crippen molar-refractivity contribution in [2.24, 2.45) is 0 Å². The molecule has 0 spiro atoms. The monoisotopic (exact) mass is 357 g/mol. The highest BCUT2D eigenvalue weighted by molar-refractivity contribution is 5.85. The maximum Gasteiger partial charge on any atom is 0.416 e. The van der Waals surface area contributed by atoms with Crippen molar-refractivity contribution >= 4 is 12.4 Å². The molecular formula is C19H23ClF3N. The number of aryl methyl sites for hydroxylation is 1. The fourth-order valence-electron chi connectivity index (χ4n) is 2.59. The Hall–Kier alpha value is -1.52. The number of hydrogen-bond donors (Lipinski definition) is 1. The van der Waals surface area contributed by atoms with Crippen molar-refractivity contribution in [1.82, 2.24) is 5.32 Å². The second-order valence-electron chi connectivity index (χ2n) is 5.85. The van der Waals surface area contributed by atoms with Crippen molar-refractivity contribution in [1.29, 1.82) is 0 Å². The lowest BCUT2D eigenvalue weighted by Crippen LogP contribution is -2.29. The zero-order chi connectivity index (χ0) is 16.7. The number of nitrogens with one attached hydrogen (secondary N) is 1. The summed E-state index contributed by atoms with van der Waals surface area (Å²) in [7, 11) is 0. The van der Waals surface area contributed by atoms with Crippen molar-refractivity contribution in [2.45, 2.75) is 38.4 Å². The number of alkyl halides is 3. The zero-order valence-electron chi connectivity index (χ0n) is 13.6. The molecule has 132 valence electrons. The number of halogens is 4. The molecule has 0 aromatic heterocycles. The third-order valence-corrected chi connectivity index (χ3v) is 3.77. The summed E-state index contributed by atoms with van der Waals surface area (Å²) in [5.41, 5.74) is 1.44. The Labute approximate surface area is 147 Å². The van der Waals surface area contributed by atoms with E-state index in [0.717, 1.165) is 25.5 Å². The molecule has 1 unspecified atom stereocenters. The molecule has 24 heavy (non-hydrogen) atoms. The average molecular weight is 358 g/mol. The number of hydrogen-bond acceptors (Lipinski definition) is 1. The van der Waals surface area contributed by atoms with E-state index in [1.165, 1.54) is 17.7 Å². The molecule has 2 rings (SSSR count). The fraction of sp³-hybridized carbons (Fsp3) is 0.368. The van der Waals surface area contributed by atoms with Crippen molar-refractivity contribution in [3.63, 3.8) is 0 Å². The van der Waals surface area contributed by atoms with Gasteiger partial charge in [-0.1, -0.05) is 48.5 Å². The maximum absolute atomic E-state index is 12.7. The molecule has 0 amide bonds. The molecule has 0 heterocycles. The van der Waals surface area contributed by atoms with Crippen LogP contribution in [-0.2, 0) is 19.0 Å². The summed E-state index contributed by atoms with van der Waals surface area (Å²) in [6, 6.07) is 16.0. The van der Waals surface area contributed by atoms with Crippen LogP contribution >= 0.6 is 12.4 Å². The normalized spacial score (nSPS) is 12.5. The van der Waals surface area contributed by atoms with E-state index in [4.69, 9.17) is 0 Å². The average Bonchev–Trinajstić information content (AvgIpc) is 2.52. The Balaban J connectivity index is 0.00000288. The third kappa shape index (κ3) is 6.93. The summed E-state index contributed by atoms with van der Waals surface area (Å²) >= 11 is 0. The van der Waals surface area contributed by atoms with E-state index in [-0.39, 0.29) is 18.4 Å². The summed E-state index contributed by atoms with van der Waals surface area (Å²) in [5, 5.41) is 3.38. The second kappa shape index (κ2) is 9.70. The molecule has 1 atom stereocenters. The minimum absolute atomic E-state index is 0. The van der Waals surface area contributed by atoms with Crippen molar-refractivity contribution in [3.8, 4) is 0 Å². The van der Waals surface area contributed by atoms with Crippen LogP contribution in [0.5, 0.6) is 0 Å². The van der Waals surface area contributed by atoms with Gasteiger partial charge in [0.1, 0.15) is 0 Å². The molecule has 0 aliphatic rings. The first-order valence-corrected chi connectivity index (χ1v) is 7.88. The summed E-state index contributed by atoms with van der Waals surface area (Å²) in [6.07, 6.45) is -1.67. The smallest absolute Gasteiger partial charge is 0.314 e. The molecule has 1 N–H and O–H groups in total. The summed E-state index contributed by atoms with van der Waals surface area (Å²) in [4.78, 5) is 0. The van der Waals surface area contributed by atoms with Gasteiger partial charge < -0.3 is 5.32 Å². The topological polar surface area (TPSA) is 12.0 Å². The van der Waals surface area contributed by atoms with Crippen LogP contribution in [0.2, 0.25) is 0 Å². The molecule has 5 heteroatoms. The Bertz CT molecular complexity index is 599. The molecule has 0 radical (unpaired) electrons. The van der Waals surface area contributed by atoms with E-state index in [1.807, 2.05) is 25.1 Å². The SMILES string of the molecule is CC(Cc1cccc(C(F)(F)F)c1)NCCCc1ccccc1.Cl. The molecule has 0 fully saturated rings. The van der Waals surface area contributed by atoms with Crippen LogP contribution in [0.4, 0.5) is 13.2 Å². The Morgan fingerprint density at radius 3 is 2.29 bits per heavy atom. The van der Waals surface area contributed by atoms with E-state index in [2.05, 4.69) is 17.4 Å². The van der Waals surface area contributed by atoms with E-state index < -0.39 is 11.7 Å². The highest BCUT2D eigenvalue weighted by atomic mass is 35.5. The highest BCUT2D eigenvalue weighted by Gasteiger charge is 2.30. The molecule has 0 bridgehead atoms. The van der Waals surface area contributed by atoms with Crippen LogP contribution in [0, 0.1) is 0 Å². The number of benzene rings is 2. The zero-order valence-corrected chi connectivity index (χ0v) is 14.5. The van der Waals surface area contributed by atoms with Gasteiger partial charge in [-0.15, -0.1) is 12.4 Å². The fourth-order valence-corrected chi connectivity index (χ4v) is 2.59. The standard InChI is InChI=1S/C19H22F3N.ClH/c1-15(23-12-6-10-16-7-3-2-4-8-16)13-17-9-5-11-18(14-17)19(20,21)22;/h2-5,7-9,11,14-15,23H,6,10,12-13H2,1H3;1H. The van der Waals surface area contributed by atoms with Crippen LogP contribution in [-0.4, -0.2) is 12.6 Å². The molecule has 0 saturated heterocycles. The van der Waals surface area contributed by atoms with E-state index >= 15 is 0 Å². The molecule has 0 saturated carbocycles. The third-order valence-electron chi connectivity index (χ3n) is 3.77. The molecule has 2 aromatic rings. The predicted molar refractivity (Wildman–Crippen MR) is 94.6 cm³/mol. The van der Waals surface area contributed by atoms with Gasteiger partial charge in [0.05, 0.1) is 5.56 Å². The first-order chi connectivity index (χ1) is 10.9. The van der Waals surface area contributed by atoms with Crippen LogP contribution < -0.4 is 5.32 Å². The lowest BCUT2D eigenvalue weighted by atomic mass is 10.0. The molecule has 0 aliphatic heterocycles. The van der Waals surface area contributed by atoms with E-state index in [1.54, 1.807) is 6.07 Å². The van der Waals surface area contributed by atoms with Gasteiger partial charge in [0, 0.05) is 6.04 Å². The van der Waals surface area contributed by atoms with Gasteiger partial charge in [0.25, 0.3) is 0 Å².